The monoisotopic (exact) mass is 255 g/mol. The summed E-state index contributed by atoms with van der Waals surface area (Å²) in [4.78, 5) is 4.35. The molecule has 1 aromatic carbocycles. The summed E-state index contributed by atoms with van der Waals surface area (Å²) in [7, 11) is 0. The van der Waals surface area contributed by atoms with Crippen molar-refractivity contribution in [2.45, 2.75) is 31.7 Å². The van der Waals surface area contributed by atoms with E-state index in [0.717, 1.165) is 12.1 Å². The summed E-state index contributed by atoms with van der Waals surface area (Å²) in [6.45, 7) is 0.785. The lowest BCUT2D eigenvalue weighted by atomic mass is 9.84. The van der Waals surface area contributed by atoms with Gasteiger partial charge in [0.15, 0.2) is 0 Å². The van der Waals surface area contributed by atoms with E-state index in [2.05, 4.69) is 34.6 Å². The number of nitrogens with one attached hydrogen (secondary N) is 1. The zero-order valence-electron chi connectivity index (χ0n) is 11.2. The van der Waals surface area contributed by atoms with Gasteiger partial charge in [-0.3, -0.25) is 4.98 Å². The highest BCUT2D eigenvalue weighted by Crippen LogP contribution is 2.27. The third-order valence-electron chi connectivity index (χ3n) is 4.17. The highest BCUT2D eigenvalue weighted by Gasteiger charge is 2.23. The molecule has 1 fully saturated rings. The van der Waals surface area contributed by atoms with Gasteiger partial charge in [-0.2, -0.15) is 0 Å². The molecule has 1 aliphatic carbocycles. The van der Waals surface area contributed by atoms with Gasteiger partial charge in [0.05, 0.1) is 5.52 Å². The zero-order chi connectivity index (χ0) is 13.1. The Morgan fingerprint density at radius 2 is 2.11 bits per heavy atom. The van der Waals surface area contributed by atoms with Gasteiger partial charge in [-0.1, -0.05) is 18.9 Å². The van der Waals surface area contributed by atoms with Gasteiger partial charge >= 0.3 is 0 Å². The van der Waals surface area contributed by atoms with Crippen LogP contribution in [0.5, 0.6) is 0 Å². The highest BCUT2D eigenvalue weighted by molar-refractivity contribution is 5.82. The number of pyridine rings is 1. The second kappa shape index (κ2) is 5.57. The topological polar surface area (TPSA) is 50.9 Å². The van der Waals surface area contributed by atoms with E-state index in [-0.39, 0.29) is 0 Å². The minimum atomic E-state index is 0.521. The van der Waals surface area contributed by atoms with Crippen molar-refractivity contribution in [2.24, 2.45) is 11.7 Å². The number of anilines is 1. The average Bonchev–Trinajstić information content (AvgIpc) is 2.48. The standard InChI is InChI=1S/C16H21N3/c17-11-13-4-1-2-6-16(13)19-14-7-8-15-12(10-14)5-3-9-18-15/h3,5,7-10,13,16,19H,1-2,4,6,11,17H2. The van der Waals surface area contributed by atoms with Gasteiger partial charge in [0.25, 0.3) is 0 Å². The van der Waals surface area contributed by atoms with Gasteiger partial charge in [-0.25, -0.2) is 0 Å². The second-order valence-electron chi connectivity index (χ2n) is 5.44. The molecule has 1 aromatic heterocycles. The number of hydrogen-bond acceptors (Lipinski definition) is 3. The largest absolute Gasteiger partial charge is 0.382 e. The van der Waals surface area contributed by atoms with Crippen LogP contribution < -0.4 is 11.1 Å². The molecule has 0 radical (unpaired) electrons. The molecule has 0 bridgehead atoms. The summed E-state index contributed by atoms with van der Waals surface area (Å²) in [6.07, 6.45) is 6.95. The van der Waals surface area contributed by atoms with Crippen LogP contribution in [0, 0.1) is 5.92 Å². The molecule has 2 atom stereocenters. The number of nitrogens with zero attached hydrogens (tertiary/aromatic N) is 1. The Morgan fingerprint density at radius 3 is 3.00 bits per heavy atom. The van der Waals surface area contributed by atoms with Crippen LogP contribution in [-0.2, 0) is 0 Å². The van der Waals surface area contributed by atoms with Crippen LogP contribution in [0.3, 0.4) is 0 Å². The highest BCUT2D eigenvalue weighted by atomic mass is 14.9. The Bertz CT molecular complexity index is 552. The lowest BCUT2D eigenvalue weighted by Crippen LogP contribution is -2.36. The molecule has 0 saturated heterocycles. The third-order valence-corrected chi connectivity index (χ3v) is 4.17. The minimum absolute atomic E-state index is 0.521. The molecule has 1 saturated carbocycles. The van der Waals surface area contributed by atoms with Gasteiger partial charge < -0.3 is 11.1 Å². The molecule has 1 aliphatic rings. The quantitative estimate of drug-likeness (QED) is 0.885. The van der Waals surface area contributed by atoms with Crippen molar-refractivity contribution < 1.29 is 0 Å². The predicted molar refractivity (Wildman–Crippen MR) is 80.2 cm³/mol. The Hall–Kier alpha value is -1.61. The van der Waals surface area contributed by atoms with Crippen molar-refractivity contribution in [2.75, 3.05) is 11.9 Å². The molecule has 2 unspecified atom stereocenters. The first-order valence-electron chi connectivity index (χ1n) is 7.18. The molecule has 100 valence electrons. The molecule has 2 aromatic rings. The Labute approximate surface area is 114 Å². The van der Waals surface area contributed by atoms with E-state index < -0.39 is 0 Å². The number of nitrogens with two attached hydrogens (primary N) is 1. The van der Waals surface area contributed by atoms with E-state index in [1.54, 1.807) is 0 Å². The van der Waals surface area contributed by atoms with E-state index >= 15 is 0 Å². The summed E-state index contributed by atoms with van der Waals surface area (Å²) < 4.78 is 0. The van der Waals surface area contributed by atoms with Crippen molar-refractivity contribution in [3.05, 3.63) is 36.5 Å². The van der Waals surface area contributed by atoms with E-state index in [4.69, 9.17) is 5.73 Å². The molecule has 0 spiro atoms. The molecule has 19 heavy (non-hydrogen) atoms. The van der Waals surface area contributed by atoms with Crippen LogP contribution in [-0.4, -0.2) is 17.6 Å². The minimum Gasteiger partial charge on any atom is -0.382 e. The number of benzene rings is 1. The SMILES string of the molecule is NCC1CCCCC1Nc1ccc2ncccc2c1. The maximum atomic E-state index is 5.89. The normalized spacial score (nSPS) is 23.4. The fraction of sp³-hybridized carbons (Fsp3) is 0.438. The van der Waals surface area contributed by atoms with Crippen molar-refractivity contribution in [3.63, 3.8) is 0 Å². The van der Waals surface area contributed by atoms with Gasteiger partial charge in [0.2, 0.25) is 0 Å². The molecule has 1 heterocycles. The smallest absolute Gasteiger partial charge is 0.0703 e. The molecule has 3 nitrogen and oxygen atoms in total. The van der Waals surface area contributed by atoms with Crippen LogP contribution in [0.15, 0.2) is 36.5 Å². The summed E-state index contributed by atoms with van der Waals surface area (Å²) in [5, 5.41) is 4.85. The second-order valence-corrected chi connectivity index (χ2v) is 5.44. The first-order chi connectivity index (χ1) is 9.36. The Kier molecular flexibility index (Phi) is 3.65. The van der Waals surface area contributed by atoms with Gasteiger partial charge in [0, 0.05) is 23.3 Å². The molecule has 3 N–H and O–H groups in total. The van der Waals surface area contributed by atoms with Gasteiger partial charge in [0.1, 0.15) is 0 Å². The molecular weight excluding hydrogens is 234 g/mol. The lowest BCUT2D eigenvalue weighted by molar-refractivity contribution is 0.332. The van der Waals surface area contributed by atoms with Crippen LogP contribution >= 0.6 is 0 Å². The van der Waals surface area contributed by atoms with E-state index in [1.165, 1.54) is 36.8 Å². The predicted octanol–water partition coefficient (Wildman–Crippen LogP) is 3.16. The fourth-order valence-electron chi connectivity index (χ4n) is 3.06. The van der Waals surface area contributed by atoms with Crippen molar-refractivity contribution in [3.8, 4) is 0 Å². The first-order valence-corrected chi connectivity index (χ1v) is 7.18. The number of hydrogen-bond donors (Lipinski definition) is 2. The van der Waals surface area contributed by atoms with Crippen molar-refractivity contribution in [1.82, 2.24) is 4.98 Å². The molecule has 0 amide bonds. The zero-order valence-corrected chi connectivity index (χ0v) is 11.2. The molecular formula is C16H21N3. The van der Waals surface area contributed by atoms with Crippen LogP contribution in [0.25, 0.3) is 10.9 Å². The lowest BCUT2D eigenvalue weighted by Gasteiger charge is -2.32. The van der Waals surface area contributed by atoms with Crippen LogP contribution in [0.1, 0.15) is 25.7 Å². The molecule has 3 rings (SSSR count). The maximum Gasteiger partial charge on any atom is 0.0703 e. The van der Waals surface area contributed by atoms with E-state index in [9.17, 15) is 0 Å². The molecule has 3 heteroatoms. The van der Waals surface area contributed by atoms with Crippen LogP contribution in [0.2, 0.25) is 0 Å². The maximum absolute atomic E-state index is 5.89. The summed E-state index contributed by atoms with van der Waals surface area (Å²) in [5.41, 5.74) is 8.12. The number of rotatable bonds is 3. The van der Waals surface area contributed by atoms with Crippen LogP contribution in [0.4, 0.5) is 5.69 Å². The van der Waals surface area contributed by atoms with E-state index in [1.807, 2.05) is 12.3 Å². The van der Waals surface area contributed by atoms with Gasteiger partial charge in [-0.15, -0.1) is 0 Å². The van der Waals surface area contributed by atoms with Crippen molar-refractivity contribution >= 4 is 16.6 Å². The average molecular weight is 255 g/mol. The summed E-state index contributed by atoms with van der Waals surface area (Å²) >= 11 is 0. The summed E-state index contributed by atoms with van der Waals surface area (Å²) in [5.74, 6) is 0.610. The number of aromatic nitrogens is 1. The third kappa shape index (κ3) is 2.71. The Morgan fingerprint density at radius 1 is 1.21 bits per heavy atom. The Balaban J connectivity index is 1.80. The summed E-state index contributed by atoms with van der Waals surface area (Å²) in [6, 6.07) is 11.0. The van der Waals surface area contributed by atoms with E-state index in [0.29, 0.717) is 12.0 Å². The fourth-order valence-corrected chi connectivity index (χ4v) is 3.06. The van der Waals surface area contributed by atoms with Crippen molar-refractivity contribution in [1.29, 1.82) is 0 Å². The number of fused-ring (bicyclic) bond motifs is 1. The van der Waals surface area contributed by atoms with Gasteiger partial charge in [-0.05, 0) is 49.6 Å². The molecule has 0 aliphatic heterocycles. The first kappa shape index (κ1) is 12.4.